The van der Waals surface area contributed by atoms with Gasteiger partial charge in [0.2, 0.25) is 5.91 Å². The van der Waals surface area contributed by atoms with Crippen LogP contribution in [0.25, 0.3) is 10.9 Å². The van der Waals surface area contributed by atoms with E-state index in [1.54, 1.807) is 18.2 Å². The van der Waals surface area contributed by atoms with Gasteiger partial charge >= 0.3 is 0 Å². The molecule has 0 saturated heterocycles. The van der Waals surface area contributed by atoms with Gasteiger partial charge in [0, 0.05) is 36.0 Å². The Kier molecular flexibility index (Phi) is 7.26. The number of amides is 2. The molecule has 4 rings (SSSR count). The van der Waals surface area contributed by atoms with Crippen molar-refractivity contribution in [2.45, 2.75) is 58.9 Å². The third kappa shape index (κ3) is 5.73. The molecule has 0 spiro atoms. The molecule has 3 aromatic rings. The Morgan fingerprint density at radius 3 is 2.49 bits per heavy atom. The summed E-state index contributed by atoms with van der Waals surface area (Å²) in [4.78, 5) is 34.9. The smallest absolute Gasteiger partial charge is 0.257 e. The SMILES string of the molecule is CNc1nc(C2CCCC2)nc2cc(NC(=O)c3cc(CNC(=O)C(C)(C)C)ccc3Cl)ccc12. The third-order valence-corrected chi connectivity index (χ3v) is 6.67. The van der Waals surface area contributed by atoms with E-state index in [2.05, 4.69) is 16.0 Å². The summed E-state index contributed by atoms with van der Waals surface area (Å²) in [6.07, 6.45) is 4.62. The topological polar surface area (TPSA) is 96.0 Å². The van der Waals surface area contributed by atoms with Gasteiger partial charge in [0.15, 0.2) is 0 Å². The fourth-order valence-electron chi connectivity index (χ4n) is 4.28. The first kappa shape index (κ1) is 24.9. The maximum Gasteiger partial charge on any atom is 0.257 e. The van der Waals surface area contributed by atoms with Crippen molar-refractivity contribution in [3.05, 3.63) is 58.4 Å². The molecule has 0 bridgehead atoms. The van der Waals surface area contributed by atoms with Crippen molar-refractivity contribution >= 4 is 45.8 Å². The van der Waals surface area contributed by atoms with Gasteiger partial charge in [-0.15, -0.1) is 0 Å². The fraction of sp³-hybridized carbons (Fsp3) is 0.407. The summed E-state index contributed by atoms with van der Waals surface area (Å²) < 4.78 is 0. The van der Waals surface area contributed by atoms with E-state index >= 15 is 0 Å². The first-order valence-corrected chi connectivity index (χ1v) is 12.4. The number of benzene rings is 2. The van der Waals surface area contributed by atoms with E-state index in [1.807, 2.05) is 46.0 Å². The second-order valence-electron chi connectivity index (χ2n) is 10.1. The number of nitrogens with zero attached hydrogens (tertiary/aromatic N) is 2. The Labute approximate surface area is 211 Å². The van der Waals surface area contributed by atoms with E-state index < -0.39 is 5.41 Å². The monoisotopic (exact) mass is 493 g/mol. The second kappa shape index (κ2) is 10.2. The molecule has 0 atom stereocenters. The average Bonchev–Trinajstić information content (AvgIpc) is 3.36. The van der Waals surface area contributed by atoms with Crippen LogP contribution in [-0.4, -0.2) is 28.8 Å². The Bertz CT molecular complexity index is 1260. The molecule has 2 aromatic carbocycles. The normalized spacial score (nSPS) is 14.2. The summed E-state index contributed by atoms with van der Waals surface area (Å²) >= 11 is 6.34. The summed E-state index contributed by atoms with van der Waals surface area (Å²) in [5, 5.41) is 10.3. The zero-order valence-corrected chi connectivity index (χ0v) is 21.4. The number of fused-ring (bicyclic) bond motifs is 1. The van der Waals surface area contributed by atoms with Crippen molar-refractivity contribution in [3.63, 3.8) is 0 Å². The predicted octanol–water partition coefficient (Wildman–Crippen LogP) is 5.90. The van der Waals surface area contributed by atoms with Crippen LogP contribution >= 0.6 is 11.6 Å². The van der Waals surface area contributed by atoms with E-state index in [0.717, 1.165) is 41.0 Å². The number of rotatable bonds is 6. The van der Waals surface area contributed by atoms with Gasteiger partial charge in [-0.05, 0) is 48.7 Å². The van der Waals surface area contributed by atoms with Crippen LogP contribution in [0.15, 0.2) is 36.4 Å². The van der Waals surface area contributed by atoms with Crippen molar-refractivity contribution < 1.29 is 9.59 Å². The van der Waals surface area contributed by atoms with E-state index in [9.17, 15) is 9.59 Å². The van der Waals surface area contributed by atoms with Gasteiger partial charge in [0.25, 0.3) is 5.91 Å². The van der Waals surface area contributed by atoms with Crippen molar-refractivity contribution in [1.29, 1.82) is 0 Å². The Balaban J connectivity index is 1.55. The Morgan fingerprint density at radius 1 is 1.06 bits per heavy atom. The molecule has 8 heteroatoms. The summed E-state index contributed by atoms with van der Waals surface area (Å²) in [5.74, 6) is 1.65. The van der Waals surface area contributed by atoms with Crippen LogP contribution in [0.1, 0.15) is 74.1 Å². The Hall–Kier alpha value is -3.19. The zero-order valence-electron chi connectivity index (χ0n) is 20.7. The lowest BCUT2D eigenvalue weighted by atomic mass is 9.95. The largest absolute Gasteiger partial charge is 0.373 e. The van der Waals surface area contributed by atoms with Gasteiger partial charge < -0.3 is 16.0 Å². The molecule has 0 unspecified atom stereocenters. The summed E-state index contributed by atoms with van der Waals surface area (Å²) in [6.45, 7) is 5.88. The number of nitrogens with one attached hydrogen (secondary N) is 3. The molecule has 0 radical (unpaired) electrons. The lowest BCUT2D eigenvalue weighted by Gasteiger charge is -2.18. The number of carbonyl (C=O) groups is 2. The molecule has 1 aliphatic rings. The molecular formula is C27H32ClN5O2. The number of carbonyl (C=O) groups excluding carboxylic acids is 2. The van der Waals surface area contributed by atoms with Crippen molar-refractivity contribution in [2.75, 3.05) is 17.7 Å². The maximum atomic E-state index is 13.1. The van der Waals surface area contributed by atoms with Crippen LogP contribution < -0.4 is 16.0 Å². The van der Waals surface area contributed by atoms with Gasteiger partial charge in [-0.2, -0.15) is 0 Å². The number of halogens is 1. The zero-order chi connectivity index (χ0) is 25.2. The number of hydrogen-bond acceptors (Lipinski definition) is 5. The van der Waals surface area contributed by atoms with Crippen molar-refractivity contribution in [3.8, 4) is 0 Å². The number of aromatic nitrogens is 2. The molecule has 1 aromatic heterocycles. The molecule has 1 saturated carbocycles. The van der Waals surface area contributed by atoms with Crippen molar-refractivity contribution in [1.82, 2.24) is 15.3 Å². The molecule has 1 aliphatic carbocycles. The van der Waals surface area contributed by atoms with Crippen LogP contribution in [0.2, 0.25) is 5.02 Å². The highest BCUT2D eigenvalue weighted by atomic mass is 35.5. The van der Waals surface area contributed by atoms with Crippen LogP contribution in [0.4, 0.5) is 11.5 Å². The quantitative estimate of drug-likeness (QED) is 0.397. The second-order valence-corrected chi connectivity index (χ2v) is 10.5. The molecule has 3 N–H and O–H groups in total. The first-order valence-electron chi connectivity index (χ1n) is 12.0. The fourth-order valence-corrected chi connectivity index (χ4v) is 4.49. The molecular weight excluding hydrogens is 462 g/mol. The lowest BCUT2D eigenvalue weighted by Crippen LogP contribution is -2.34. The highest BCUT2D eigenvalue weighted by Crippen LogP contribution is 2.34. The highest BCUT2D eigenvalue weighted by Gasteiger charge is 2.22. The minimum atomic E-state index is -0.489. The van der Waals surface area contributed by atoms with Crippen LogP contribution in [0, 0.1) is 5.41 Å². The summed E-state index contributed by atoms with van der Waals surface area (Å²) in [5.41, 5.74) is 2.07. The summed E-state index contributed by atoms with van der Waals surface area (Å²) in [7, 11) is 1.86. The van der Waals surface area contributed by atoms with Gasteiger partial charge in [-0.25, -0.2) is 9.97 Å². The van der Waals surface area contributed by atoms with Gasteiger partial charge in [0.1, 0.15) is 11.6 Å². The van der Waals surface area contributed by atoms with Gasteiger partial charge in [-0.3, -0.25) is 9.59 Å². The van der Waals surface area contributed by atoms with Gasteiger partial charge in [0.05, 0.1) is 16.1 Å². The highest BCUT2D eigenvalue weighted by molar-refractivity contribution is 6.34. The van der Waals surface area contributed by atoms with Crippen LogP contribution in [0.5, 0.6) is 0 Å². The molecule has 7 nitrogen and oxygen atoms in total. The van der Waals surface area contributed by atoms with Crippen LogP contribution in [-0.2, 0) is 11.3 Å². The number of anilines is 2. The van der Waals surface area contributed by atoms with Crippen molar-refractivity contribution in [2.24, 2.45) is 5.41 Å². The van der Waals surface area contributed by atoms with Crippen LogP contribution in [0.3, 0.4) is 0 Å². The lowest BCUT2D eigenvalue weighted by molar-refractivity contribution is -0.128. The third-order valence-electron chi connectivity index (χ3n) is 6.34. The molecule has 2 amide bonds. The van der Waals surface area contributed by atoms with Gasteiger partial charge in [-0.1, -0.05) is 51.3 Å². The summed E-state index contributed by atoms with van der Waals surface area (Å²) in [6, 6.07) is 10.8. The minimum absolute atomic E-state index is 0.0606. The average molecular weight is 494 g/mol. The van der Waals surface area contributed by atoms with E-state index in [0.29, 0.717) is 28.7 Å². The first-order chi connectivity index (χ1) is 16.7. The predicted molar refractivity (Wildman–Crippen MR) is 141 cm³/mol. The molecule has 0 aliphatic heterocycles. The molecule has 1 heterocycles. The Morgan fingerprint density at radius 2 is 1.80 bits per heavy atom. The molecule has 35 heavy (non-hydrogen) atoms. The standard InChI is InChI=1S/C27H32ClN5O2/c1-27(2,3)26(35)30-15-16-9-12-21(28)20(13-16)25(34)31-18-10-11-19-22(14-18)32-23(33-24(19)29-4)17-7-5-6-8-17/h9-14,17H,5-8,15H2,1-4H3,(H,30,35)(H,31,34)(H,29,32,33). The van der Waals surface area contributed by atoms with E-state index in [-0.39, 0.29) is 11.8 Å². The molecule has 184 valence electrons. The number of hydrogen-bond donors (Lipinski definition) is 3. The molecule has 1 fully saturated rings. The van der Waals surface area contributed by atoms with E-state index in [4.69, 9.17) is 21.6 Å². The minimum Gasteiger partial charge on any atom is -0.373 e. The maximum absolute atomic E-state index is 13.1. The van der Waals surface area contributed by atoms with E-state index in [1.165, 1.54) is 12.8 Å².